The van der Waals surface area contributed by atoms with Gasteiger partial charge in [0.1, 0.15) is 5.76 Å². The highest BCUT2D eigenvalue weighted by Crippen LogP contribution is 2.34. The number of amides is 1. The second-order valence-corrected chi connectivity index (χ2v) is 10.8. The minimum atomic E-state index is -0.0809. The van der Waals surface area contributed by atoms with Crippen molar-refractivity contribution in [2.24, 2.45) is 0 Å². The van der Waals surface area contributed by atoms with E-state index in [1.807, 2.05) is 23.1 Å². The molecule has 34 heavy (non-hydrogen) atoms. The lowest BCUT2D eigenvalue weighted by molar-refractivity contribution is 0.0700. The van der Waals surface area contributed by atoms with Gasteiger partial charge in [-0.05, 0) is 71.3 Å². The van der Waals surface area contributed by atoms with Gasteiger partial charge in [0.05, 0.1) is 20.0 Å². The molecule has 0 spiro atoms. The van der Waals surface area contributed by atoms with E-state index in [1.165, 1.54) is 21.6 Å². The molecule has 6 heteroatoms. The van der Waals surface area contributed by atoms with Crippen molar-refractivity contribution >= 4 is 17.7 Å². The van der Waals surface area contributed by atoms with Gasteiger partial charge < -0.3 is 18.8 Å². The predicted octanol–water partition coefficient (Wildman–Crippen LogP) is 6.39. The van der Waals surface area contributed by atoms with Crippen LogP contribution in [0.15, 0.2) is 51.8 Å². The maximum atomic E-state index is 13.2. The van der Waals surface area contributed by atoms with Crippen LogP contribution in [0.25, 0.3) is 0 Å². The van der Waals surface area contributed by atoms with Crippen molar-refractivity contribution in [1.29, 1.82) is 0 Å². The van der Waals surface area contributed by atoms with Crippen LogP contribution in [0.4, 0.5) is 0 Å². The van der Waals surface area contributed by atoms with Crippen molar-refractivity contribution in [3.63, 3.8) is 0 Å². The van der Waals surface area contributed by atoms with Gasteiger partial charge in [0.25, 0.3) is 5.91 Å². The van der Waals surface area contributed by atoms with Crippen LogP contribution < -0.4 is 9.47 Å². The van der Waals surface area contributed by atoms with Gasteiger partial charge >= 0.3 is 0 Å². The molecule has 1 aliphatic rings. The minimum absolute atomic E-state index is 0.0809. The molecule has 0 radical (unpaired) electrons. The summed E-state index contributed by atoms with van der Waals surface area (Å²) in [6.45, 7) is 9.97. The van der Waals surface area contributed by atoms with Crippen LogP contribution in [-0.2, 0) is 24.1 Å². The Balaban J connectivity index is 1.43. The van der Waals surface area contributed by atoms with Crippen molar-refractivity contribution < 1.29 is 18.7 Å². The van der Waals surface area contributed by atoms with Gasteiger partial charge in [0, 0.05) is 18.0 Å². The van der Waals surface area contributed by atoms with E-state index in [0.29, 0.717) is 30.4 Å². The third kappa shape index (κ3) is 5.12. The summed E-state index contributed by atoms with van der Waals surface area (Å²) in [5.41, 5.74) is 4.94. The molecule has 3 aromatic rings. The second kappa shape index (κ2) is 9.79. The number of nitrogens with zero attached hydrogens (tertiary/aromatic N) is 1. The van der Waals surface area contributed by atoms with Gasteiger partial charge in [-0.15, -0.1) is 11.8 Å². The number of carbonyl (C=O) groups is 1. The highest BCUT2D eigenvalue weighted by molar-refractivity contribution is 7.98. The second-order valence-electron chi connectivity index (χ2n) is 9.74. The van der Waals surface area contributed by atoms with E-state index in [0.717, 1.165) is 23.5 Å². The molecule has 0 aliphatic carbocycles. The number of hydrogen-bond acceptors (Lipinski definition) is 5. The molecular weight excluding hydrogens is 446 g/mol. The van der Waals surface area contributed by atoms with Gasteiger partial charge in [-0.25, -0.2) is 0 Å². The lowest BCUT2D eigenvalue weighted by Crippen LogP contribution is -2.35. The van der Waals surface area contributed by atoms with E-state index < -0.39 is 0 Å². The van der Waals surface area contributed by atoms with Crippen molar-refractivity contribution in [1.82, 2.24) is 4.90 Å². The first-order chi connectivity index (χ1) is 16.2. The number of furan rings is 1. The third-order valence-corrected chi connectivity index (χ3v) is 7.48. The summed E-state index contributed by atoms with van der Waals surface area (Å²) < 4.78 is 16.8. The van der Waals surface area contributed by atoms with Crippen LogP contribution in [0.3, 0.4) is 0 Å². The van der Waals surface area contributed by atoms with E-state index in [4.69, 9.17) is 13.9 Å². The smallest absolute Gasteiger partial charge is 0.289 e. The zero-order valence-corrected chi connectivity index (χ0v) is 21.7. The SMILES string of the molecule is COc1cc2c(cc1OC)CN(C(=O)c1ccc(CSc3cc(C(C)(C)C)ccc3C)o1)CC2. The number of fused-ring (bicyclic) bond motifs is 1. The van der Waals surface area contributed by atoms with Crippen LogP contribution in [0.5, 0.6) is 11.5 Å². The Morgan fingerprint density at radius 2 is 1.74 bits per heavy atom. The monoisotopic (exact) mass is 479 g/mol. The molecule has 0 fully saturated rings. The number of aryl methyl sites for hydroxylation is 1. The van der Waals surface area contributed by atoms with Gasteiger partial charge in [-0.3, -0.25) is 4.79 Å². The number of thioether (sulfide) groups is 1. The largest absolute Gasteiger partial charge is 0.493 e. The lowest BCUT2D eigenvalue weighted by Gasteiger charge is -2.29. The van der Waals surface area contributed by atoms with Crippen LogP contribution in [0.1, 0.15) is 59.3 Å². The Morgan fingerprint density at radius 1 is 1.03 bits per heavy atom. The zero-order chi connectivity index (χ0) is 24.5. The Labute approximate surface area is 206 Å². The summed E-state index contributed by atoms with van der Waals surface area (Å²) in [4.78, 5) is 16.2. The topological polar surface area (TPSA) is 51.9 Å². The van der Waals surface area contributed by atoms with Crippen molar-refractivity contribution in [3.8, 4) is 11.5 Å². The fourth-order valence-electron chi connectivity index (χ4n) is 4.15. The highest BCUT2D eigenvalue weighted by atomic mass is 32.2. The molecule has 1 aromatic heterocycles. The molecule has 4 rings (SSSR count). The van der Waals surface area contributed by atoms with E-state index in [-0.39, 0.29) is 11.3 Å². The average molecular weight is 480 g/mol. The zero-order valence-electron chi connectivity index (χ0n) is 20.9. The van der Waals surface area contributed by atoms with E-state index in [1.54, 1.807) is 32.0 Å². The molecule has 5 nitrogen and oxygen atoms in total. The number of methoxy groups -OCH3 is 2. The Bertz CT molecular complexity index is 1190. The van der Waals surface area contributed by atoms with Crippen molar-refractivity contribution in [2.75, 3.05) is 20.8 Å². The fraction of sp³-hybridized carbons (Fsp3) is 0.393. The standard InChI is InChI=1S/C28H33NO4S/c1-18-7-8-21(28(2,3)4)15-26(18)34-17-22-9-10-23(33-22)27(30)29-12-11-19-13-24(31-5)25(32-6)14-20(19)16-29/h7-10,13-15H,11-12,16-17H2,1-6H3. The Kier molecular flexibility index (Phi) is 6.99. The molecular formula is C28H33NO4S. The van der Waals surface area contributed by atoms with Gasteiger partial charge in [-0.2, -0.15) is 0 Å². The minimum Gasteiger partial charge on any atom is -0.493 e. The van der Waals surface area contributed by atoms with Gasteiger partial charge in [0.15, 0.2) is 17.3 Å². The summed E-state index contributed by atoms with van der Waals surface area (Å²) in [5.74, 6) is 3.19. The molecule has 1 amide bonds. The number of benzene rings is 2. The molecule has 2 heterocycles. The number of rotatable bonds is 6. The first-order valence-electron chi connectivity index (χ1n) is 11.6. The molecule has 180 valence electrons. The van der Waals surface area contributed by atoms with E-state index in [9.17, 15) is 4.79 Å². The van der Waals surface area contributed by atoms with Gasteiger partial charge in [-0.1, -0.05) is 32.9 Å². The summed E-state index contributed by atoms with van der Waals surface area (Å²) in [6.07, 6.45) is 0.772. The highest BCUT2D eigenvalue weighted by Gasteiger charge is 2.25. The quantitative estimate of drug-likeness (QED) is 0.383. The first-order valence-corrected chi connectivity index (χ1v) is 12.5. The maximum absolute atomic E-state index is 13.2. The summed E-state index contributed by atoms with van der Waals surface area (Å²) in [5, 5.41) is 0. The number of ether oxygens (including phenoxy) is 2. The lowest BCUT2D eigenvalue weighted by atomic mass is 9.87. The maximum Gasteiger partial charge on any atom is 0.289 e. The van der Waals surface area contributed by atoms with Crippen LogP contribution >= 0.6 is 11.8 Å². The average Bonchev–Trinajstić information content (AvgIpc) is 3.30. The molecule has 0 saturated carbocycles. The Morgan fingerprint density at radius 3 is 2.41 bits per heavy atom. The van der Waals surface area contributed by atoms with Crippen LogP contribution in [-0.4, -0.2) is 31.6 Å². The summed E-state index contributed by atoms with van der Waals surface area (Å²) >= 11 is 1.74. The summed E-state index contributed by atoms with van der Waals surface area (Å²) in [7, 11) is 3.26. The van der Waals surface area contributed by atoms with E-state index in [2.05, 4.69) is 45.9 Å². The third-order valence-electron chi connectivity index (χ3n) is 6.30. The fourth-order valence-corrected chi connectivity index (χ4v) is 5.11. The van der Waals surface area contributed by atoms with E-state index >= 15 is 0 Å². The van der Waals surface area contributed by atoms with Crippen LogP contribution in [0.2, 0.25) is 0 Å². The number of carbonyl (C=O) groups excluding carboxylic acids is 1. The first kappa shape index (κ1) is 24.3. The summed E-state index contributed by atoms with van der Waals surface area (Å²) in [6, 6.07) is 14.3. The van der Waals surface area contributed by atoms with Crippen molar-refractivity contribution in [3.05, 3.63) is 76.2 Å². The van der Waals surface area contributed by atoms with Crippen molar-refractivity contribution in [2.45, 2.75) is 56.7 Å². The Hall–Kier alpha value is -2.86. The molecule has 1 aliphatic heterocycles. The predicted molar refractivity (Wildman–Crippen MR) is 136 cm³/mol. The normalized spacial score (nSPS) is 13.5. The van der Waals surface area contributed by atoms with Gasteiger partial charge in [0.2, 0.25) is 0 Å². The molecule has 0 bridgehead atoms. The van der Waals surface area contributed by atoms with Crippen LogP contribution in [0, 0.1) is 6.92 Å². The molecule has 0 unspecified atom stereocenters. The molecule has 0 atom stereocenters. The molecule has 0 N–H and O–H groups in total. The number of hydrogen-bond donors (Lipinski definition) is 0. The molecule has 2 aromatic carbocycles. The molecule has 0 saturated heterocycles.